The standard InChI is InChI=1S/C49H58N8O8/c1-48(32-7-3-26(4-8-32)34-23-52-42(54-34)38-21-30-19-36(30)56(38)44(58)40(64-46(50)60)28-11-15-62-16-12-28)25-49(48,2)33-9-5-27(6-10-33)35-24-53-43(55-35)39-22-31-20-37(31)57(39)45(59)41(65-47(51)61)29-13-17-63-18-14-29/h3-10,23-24,28-31,36-41H,11-22,25H2,1-2H3,(H2,50,60)(H2,51,61)(H,52,54)(H,53,55)/t30-,31-,36?,37?,38+,39+,40-,41-,48?,49?/m1/s1. The number of hydrogen-bond donors (Lipinski definition) is 4. The predicted molar refractivity (Wildman–Crippen MR) is 236 cm³/mol. The highest BCUT2D eigenvalue weighted by atomic mass is 16.6. The van der Waals surface area contributed by atoms with Gasteiger partial charge in [0, 0.05) is 61.2 Å². The van der Waals surface area contributed by atoms with Crippen LogP contribution in [0.5, 0.6) is 0 Å². The number of piperidine rings is 2. The number of nitrogens with one attached hydrogen (secondary N) is 2. The van der Waals surface area contributed by atoms with E-state index < -0.39 is 24.4 Å². The molecule has 3 aliphatic carbocycles. The summed E-state index contributed by atoms with van der Waals surface area (Å²) in [7, 11) is 0. The Labute approximate surface area is 377 Å². The molecule has 0 bridgehead atoms. The smallest absolute Gasteiger partial charge is 0.405 e. The van der Waals surface area contributed by atoms with Crippen LogP contribution in [0.2, 0.25) is 0 Å². The summed E-state index contributed by atoms with van der Waals surface area (Å²) in [6.45, 7) is 6.77. The van der Waals surface area contributed by atoms with Crippen molar-refractivity contribution >= 4 is 24.0 Å². The molecule has 65 heavy (non-hydrogen) atoms. The number of nitrogens with zero attached hydrogens (tertiary/aromatic N) is 4. The lowest BCUT2D eigenvalue weighted by Gasteiger charge is -2.34. The van der Waals surface area contributed by atoms with Crippen LogP contribution in [0.1, 0.15) is 106 Å². The van der Waals surface area contributed by atoms with Crippen LogP contribution in [0.25, 0.3) is 22.5 Å². The van der Waals surface area contributed by atoms with E-state index in [1.165, 1.54) is 11.1 Å². The highest BCUT2D eigenvalue weighted by Crippen LogP contribution is 2.65. The number of amides is 4. The van der Waals surface area contributed by atoms with E-state index >= 15 is 0 Å². The second-order valence-electron chi connectivity index (χ2n) is 20.1. The molecule has 0 spiro atoms. The summed E-state index contributed by atoms with van der Waals surface area (Å²) in [5.41, 5.74) is 17.1. The lowest BCUT2D eigenvalue weighted by molar-refractivity contribution is -0.148. The van der Waals surface area contributed by atoms with Gasteiger partial charge in [0.2, 0.25) is 0 Å². The van der Waals surface area contributed by atoms with E-state index in [4.69, 9.17) is 40.4 Å². The number of nitrogens with two attached hydrogens (primary N) is 2. The number of primary amides is 2. The fourth-order valence-corrected chi connectivity index (χ4v) is 12.2. The minimum absolute atomic E-state index is 0.0624. The zero-order valence-corrected chi connectivity index (χ0v) is 36.9. The van der Waals surface area contributed by atoms with Gasteiger partial charge < -0.3 is 50.2 Å². The molecule has 4 unspecified atom stereocenters. The number of aromatic nitrogens is 4. The van der Waals surface area contributed by atoms with Crippen LogP contribution in [-0.4, -0.2) is 104 Å². The predicted octanol–water partition coefficient (Wildman–Crippen LogP) is 6.19. The Morgan fingerprint density at radius 3 is 1.38 bits per heavy atom. The third-order valence-corrected chi connectivity index (χ3v) is 16.4. The van der Waals surface area contributed by atoms with E-state index in [9.17, 15) is 19.2 Å². The summed E-state index contributed by atoms with van der Waals surface area (Å²) in [5, 5.41) is 0. The van der Waals surface area contributed by atoms with Crippen LogP contribution in [0.3, 0.4) is 0 Å². The Hall–Kier alpha value is -5.74. The van der Waals surface area contributed by atoms with E-state index in [1.807, 2.05) is 22.2 Å². The van der Waals surface area contributed by atoms with Gasteiger partial charge >= 0.3 is 12.2 Å². The fourth-order valence-electron chi connectivity index (χ4n) is 12.2. The molecule has 7 fully saturated rings. The molecule has 0 radical (unpaired) electrons. The average molecular weight is 887 g/mol. The van der Waals surface area contributed by atoms with Gasteiger partial charge in [0.15, 0.2) is 12.2 Å². The molecule has 4 aliphatic heterocycles. The molecule has 4 saturated heterocycles. The molecular formula is C49H58N8O8. The minimum Gasteiger partial charge on any atom is -0.436 e. The maximum absolute atomic E-state index is 14.1. The number of aromatic amines is 2. The SMILES string of the molecule is CC1(c2ccc(-c3cnc([C@@H]4C[C@H]5CC5N4C(=O)[C@H](OC(N)=O)C4CCOCC4)[nH]3)cc2)CC1(C)c1ccc(-c2cnc([C@@H]3C[C@H]4CC4N3C(=O)[C@H](OC(N)=O)C3CCOCC3)[nH]2)cc1. The van der Waals surface area contributed by atoms with Crippen molar-refractivity contribution in [2.24, 2.45) is 35.1 Å². The number of carbonyl (C=O) groups excluding carboxylic acids is 4. The Kier molecular flexibility index (Phi) is 10.3. The third kappa shape index (κ3) is 7.46. The maximum atomic E-state index is 14.1. The third-order valence-electron chi connectivity index (χ3n) is 16.4. The lowest BCUT2D eigenvalue weighted by atomic mass is 9.83. The molecule has 3 saturated carbocycles. The summed E-state index contributed by atoms with van der Waals surface area (Å²) in [5.74, 6) is 1.67. The number of hydrogen-bond acceptors (Lipinski definition) is 10. The van der Waals surface area contributed by atoms with Crippen molar-refractivity contribution in [3.63, 3.8) is 0 Å². The summed E-state index contributed by atoms with van der Waals surface area (Å²) in [6, 6.07) is 17.2. The van der Waals surface area contributed by atoms with Gasteiger partial charge in [-0.2, -0.15) is 0 Å². The molecule has 342 valence electrons. The molecule has 11 rings (SSSR count). The summed E-state index contributed by atoms with van der Waals surface area (Å²) in [6.07, 6.45) is 7.06. The van der Waals surface area contributed by atoms with Gasteiger partial charge in [0.1, 0.15) is 11.6 Å². The normalized spacial score (nSPS) is 31.4. The molecule has 10 atom stereocenters. The Balaban J connectivity index is 0.753. The number of likely N-dealkylation sites (tertiary alicyclic amines) is 2. The lowest BCUT2D eigenvalue weighted by Crippen LogP contribution is -2.48. The van der Waals surface area contributed by atoms with Gasteiger partial charge in [-0.15, -0.1) is 0 Å². The van der Waals surface area contributed by atoms with E-state index in [2.05, 4.69) is 72.3 Å². The molecule has 4 amide bonds. The molecular weight excluding hydrogens is 829 g/mol. The van der Waals surface area contributed by atoms with Crippen LogP contribution >= 0.6 is 0 Å². The quantitative estimate of drug-likeness (QED) is 0.126. The molecule has 4 aromatic rings. The fraction of sp³-hybridized carbons (Fsp3) is 0.551. The summed E-state index contributed by atoms with van der Waals surface area (Å²) in [4.78, 5) is 72.5. The van der Waals surface area contributed by atoms with Crippen molar-refractivity contribution in [3.8, 4) is 22.5 Å². The average Bonchev–Trinajstić information content (AvgIpc) is 4.12. The molecule has 7 aliphatic rings. The monoisotopic (exact) mass is 886 g/mol. The first-order valence-electron chi connectivity index (χ1n) is 23.4. The van der Waals surface area contributed by atoms with E-state index in [-0.39, 0.29) is 58.6 Å². The van der Waals surface area contributed by atoms with Crippen LogP contribution in [0.4, 0.5) is 9.59 Å². The van der Waals surface area contributed by atoms with Gasteiger partial charge in [-0.05, 0) is 91.9 Å². The van der Waals surface area contributed by atoms with Crippen molar-refractivity contribution in [2.75, 3.05) is 26.4 Å². The van der Waals surface area contributed by atoms with Crippen LogP contribution in [0, 0.1) is 23.7 Å². The first-order chi connectivity index (χ1) is 31.4. The molecule has 16 nitrogen and oxygen atoms in total. The zero-order chi connectivity index (χ0) is 44.8. The van der Waals surface area contributed by atoms with Crippen LogP contribution in [-0.2, 0) is 39.4 Å². The topological polar surface area (TPSA) is 221 Å². The molecule has 2 aromatic carbocycles. The van der Waals surface area contributed by atoms with Gasteiger partial charge in [-0.25, -0.2) is 19.6 Å². The molecule has 2 aromatic heterocycles. The number of H-pyrrole nitrogens is 2. The number of benzene rings is 2. The summed E-state index contributed by atoms with van der Waals surface area (Å²) >= 11 is 0. The van der Waals surface area contributed by atoms with Crippen molar-refractivity contribution in [1.29, 1.82) is 0 Å². The number of ether oxygens (including phenoxy) is 4. The number of imidazole rings is 2. The van der Waals surface area contributed by atoms with E-state index in [0.29, 0.717) is 63.9 Å². The van der Waals surface area contributed by atoms with E-state index in [1.54, 1.807) is 0 Å². The number of fused-ring (bicyclic) bond motifs is 2. The van der Waals surface area contributed by atoms with Gasteiger partial charge in [0.05, 0.1) is 35.9 Å². The Bertz CT molecular complexity index is 2310. The first-order valence-corrected chi connectivity index (χ1v) is 23.4. The van der Waals surface area contributed by atoms with Gasteiger partial charge in [-0.3, -0.25) is 9.59 Å². The van der Waals surface area contributed by atoms with Crippen LogP contribution in [0.15, 0.2) is 60.9 Å². The highest BCUT2D eigenvalue weighted by molar-refractivity contribution is 5.86. The molecule has 16 heteroatoms. The molecule has 6 heterocycles. The van der Waals surface area contributed by atoms with Crippen molar-refractivity contribution in [1.82, 2.24) is 29.7 Å². The largest absolute Gasteiger partial charge is 0.436 e. The number of rotatable bonds is 12. The Morgan fingerprint density at radius 2 is 1.02 bits per heavy atom. The second-order valence-corrected chi connectivity index (χ2v) is 20.1. The van der Waals surface area contributed by atoms with Crippen molar-refractivity contribution < 1.29 is 38.1 Å². The molecule has 6 N–H and O–H groups in total. The van der Waals surface area contributed by atoms with Gasteiger partial charge in [-0.1, -0.05) is 62.4 Å². The van der Waals surface area contributed by atoms with Crippen molar-refractivity contribution in [3.05, 3.63) is 83.7 Å². The van der Waals surface area contributed by atoms with E-state index in [0.717, 1.165) is 66.3 Å². The maximum Gasteiger partial charge on any atom is 0.405 e. The minimum atomic E-state index is -0.934. The highest BCUT2D eigenvalue weighted by Gasteiger charge is 2.63. The Morgan fingerprint density at radius 1 is 0.631 bits per heavy atom. The van der Waals surface area contributed by atoms with Gasteiger partial charge in [0.25, 0.3) is 11.8 Å². The zero-order valence-electron chi connectivity index (χ0n) is 36.9. The first kappa shape index (κ1) is 41.9. The van der Waals surface area contributed by atoms with Crippen LogP contribution < -0.4 is 11.5 Å². The number of carbonyl (C=O) groups is 4. The second kappa shape index (κ2) is 16.0. The summed E-state index contributed by atoms with van der Waals surface area (Å²) < 4.78 is 22.0. The van der Waals surface area contributed by atoms with Crippen molar-refractivity contribution in [2.45, 2.75) is 119 Å².